The Kier molecular flexibility index (Phi) is 4.48. The fourth-order valence-corrected chi connectivity index (χ4v) is 4.17. The van der Waals surface area contributed by atoms with Crippen LogP contribution in [0.4, 0.5) is 4.39 Å². The molecule has 0 unspecified atom stereocenters. The van der Waals surface area contributed by atoms with Crippen molar-refractivity contribution in [2.45, 2.75) is 33.0 Å². The van der Waals surface area contributed by atoms with E-state index in [1.54, 1.807) is 34.1 Å². The molecule has 0 saturated heterocycles. The summed E-state index contributed by atoms with van der Waals surface area (Å²) in [6.07, 6.45) is 4.85. The number of pyridine rings is 1. The van der Waals surface area contributed by atoms with E-state index in [1.165, 1.54) is 23.0 Å². The number of hydrogen-bond acceptors (Lipinski definition) is 4. The van der Waals surface area contributed by atoms with Gasteiger partial charge in [-0.1, -0.05) is 11.6 Å². The molecule has 7 nitrogen and oxygen atoms in total. The molecule has 1 aromatic carbocycles. The Labute approximate surface area is 181 Å². The Morgan fingerprint density at radius 2 is 2.10 bits per heavy atom. The topological polar surface area (TPSA) is 73.3 Å². The van der Waals surface area contributed by atoms with E-state index in [0.717, 1.165) is 11.3 Å². The first-order chi connectivity index (χ1) is 14.8. The molecule has 1 amide bonds. The van der Waals surface area contributed by atoms with Gasteiger partial charge in [-0.05, 0) is 32.0 Å². The van der Waals surface area contributed by atoms with Gasteiger partial charge < -0.3 is 18.5 Å². The van der Waals surface area contributed by atoms with Gasteiger partial charge in [0.25, 0.3) is 11.5 Å². The maximum absolute atomic E-state index is 13.7. The predicted octanol–water partition coefficient (Wildman–Crippen LogP) is 3.93. The molecule has 31 heavy (non-hydrogen) atoms. The van der Waals surface area contributed by atoms with Crippen molar-refractivity contribution in [3.8, 4) is 5.69 Å². The highest BCUT2D eigenvalue weighted by molar-refractivity contribution is 6.31. The zero-order valence-electron chi connectivity index (χ0n) is 16.8. The zero-order chi connectivity index (χ0) is 21.9. The summed E-state index contributed by atoms with van der Waals surface area (Å²) in [7, 11) is 0. The van der Waals surface area contributed by atoms with Crippen LogP contribution in [0, 0.1) is 12.7 Å². The molecule has 0 radical (unpaired) electrons. The number of rotatable bonds is 3. The van der Waals surface area contributed by atoms with Crippen molar-refractivity contribution in [1.29, 1.82) is 0 Å². The second-order valence-electron chi connectivity index (χ2n) is 7.75. The van der Waals surface area contributed by atoms with Crippen LogP contribution in [-0.4, -0.2) is 31.0 Å². The monoisotopic (exact) mass is 440 g/mol. The van der Waals surface area contributed by atoms with Crippen LogP contribution in [0.25, 0.3) is 16.7 Å². The summed E-state index contributed by atoms with van der Waals surface area (Å²) in [5, 5.41) is 0.646. The molecule has 4 aromatic rings. The van der Waals surface area contributed by atoms with E-state index in [0.29, 0.717) is 28.9 Å². The Bertz CT molecular complexity index is 1400. The Morgan fingerprint density at radius 1 is 1.29 bits per heavy atom. The number of amides is 1. The van der Waals surface area contributed by atoms with Crippen LogP contribution in [0.5, 0.6) is 0 Å². The molecule has 3 aromatic heterocycles. The number of imidazole rings is 1. The fraction of sp³-hybridized carbons (Fsp3) is 0.227. The summed E-state index contributed by atoms with van der Waals surface area (Å²) >= 11 is 5.93. The number of nitrogens with zero attached hydrogens (tertiary/aromatic N) is 4. The number of furan rings is 1. The number of fused-ring (bicyclic) bond motifs is 2. The van der Waals surface area contributed by atoms with Gasteiger partial charge in [-0.15, -0.1) is 0 Å². The highest BCUT2D eigenvalue weighted by Crippen LogP contribution is 2.29. The lowest BCUT2D eigenvalue weighted by Gasteiger charge is -2.35. The van der Waals surface area contributed by atoms with Crippen LogP contribution in [-0.2, 0) is 13.1 Å². The average Bonchev–Trinajstić information content (AvgIpc) is 3.32. The quantitative estimate of drug-likeness (QED) is 0.484. The summed E-state index contributed by atoms with van der Waals surface area (Å²) in [5.41, 5.74) is 2.40. The fourth-order valence-electron chi connectivity index (χ4n) is 4.00. The van der Waals surface area contributed by atoms with Crippen LogP contribution >= 0.6 is 11.6 Å². The normalized spacial score (nSPS) is 16.2. The first kappa shape index (κ1) is 19.6. The molecular formula is C22H18ClFN4O3. The van der Waals surface area contributed by atoms with Gasteiger partial charge in [-0.3, -0.25) is 9.59 Å². The highest BCUT2D eigenvalue weighted by Gasteiger charge is 2.32. The molecular weight excluding hydrogens is 423 g/mol. The number of aromatic nitrogens is 3. The molecule has 0 fully saturated rings. The molecule has 1 atom stereocenters. The molecule has 4 heterocycles. The Hall–Kier alpha value is -3.39. The maximum atomic E-state index is 13.7. The molecule has 158 valence electrons. The van der Waals surface area contributed by atoms with Crippen molar-refractivity contribution < 1.29 is 13.6 Å². The van der Waals surface area contributed by atoms with E-state index in [2.05, 4.69) is 4.98 Å². The smallest absolute Gasteiger partial charge is 0.275 e. The number of hydrogen-bond donors (Lipinski definition) is 0. The Balaban J connectivity index is 1.51. The van der Waals surface area contributed by atoms with Gasteiger partial charge in [0.05, 0.1) is 29.9 Å². The summed E-state index contributed by atoms with van der Waals surface area (Å²) < 4.78 is 22.3. The minimum atomic E-state index is -0.560. The summed E-state index contributed by atoms with van der Waals surface area (Å²) in [4.78, 5) is 32.1. The van der Waals surface area contributed by atoms with E-state index in [9.17, 15) is 14.0 Å². The van der Waals surface area contributed by atoms with Gasteiger partial charge in [0.2, 0.25) is 0 Å². The second-order valence-corrected chi connectivity index (χ2v) is 8.15. The zero-order valence-corrected chi connectivity index (χ0v) is 17.6. The first-order valence-electron chi connectivity index (χ1n) is 9.74. The number of carbonyl (C=O) groups is 1. The molecule has 0 saturated carbocycles. The summed E-state index contributed by atoms with van der Waals surface area (Å²) in [6.45, 7) is 4.34. The van der Waals surface area contributed by atoms with E-state index < -0.39 is 5.82 Å². The largest absolute Gasteiger partial charge is 0.464 e. The van der Waals surface area contributed by atoms with E-state index in [1.807, 2.05) is 13.8 Å². The van der Waals surface area contributed by atoms with Gasteiger partial charge in [-0.2, -0.15) is 0 Å². The lowest BCUT2D eigenvalue weighted by atomic mass is 10.1. The lowest BCUT2D eigenvalue weighted by Crippen LogP contribution is -2.49. The van der Waals surface area contributed by atoms with Gasteiger partial charge in [0.1, 0.15) is 22.8 Å². The van der Waals surface area contributed by atoms with Crippen molar-refractivity contribution in [3.63, 3.8) is 0 Å². The van der Waals surface area contributed by atoms with E-state index >= 15 is 0 Å². The van der Waals surface area contributed by atoms with Gasteiger partial charge in [-0.25, -0.2) is 9.37 Å². The van der Waals surface area contributed by atoms with Crippen molar-refractivity contribution in [2.24, 2.45) is 0 Å². The summed E-state index contributed by atoms with van der Waals surface area (Å²) in [5.74, 6) is -0.818. The Morgan fingerprint density at radius 3 is 2.84 bits per heavy atom. The van der Waals surface area contributed by atoms with Crippen LogP contribution in [0.2, 0.25) is 5.02 Å². The second kappa shape index (κ2) is 7.09. The minimum Gasteiger partial charge on any atom is -0.464 e. The third kappa shape index (κ3) is 3.14. The third-order valence-corrected chi connectivity index (χ3v) is 5.93. The van der Waals surface area contributed by atoms with Crippen molar-refractivity contribution in [3.05, 3.63) is 81.2 Å². The maximum Gasteiger partial charge on any atom is 0.275 e. The van der Waals surface area contributed by atoms with Crippen LogP contribution in [0.1, 0.15) is 28.7 Å². The predicted molar refractivity (Wildman–Crippen MR) is 113 cm³/mol. The van der Waals surface area contributed by atoms with Crippen molar-refractivity contribution >= 4 is 28.5 Å². The van der Waals surface area contributed by atoms with Gasteiger partial charge >= 0.3 is 0 Å². The molecule has 5 rings (SSSR count). The molecule has 1 aliphatic rings. The molecule has 0 bridgehead atoms. The van der Waals surface area contributed by atoms with Crippen molar-refractivity contribution in [2.75, 3.05) is 0 Å². The van der Waals surface area contributed by atoms with Crippen molar-refractivity contribution in [1.82, 2.24) is 19.0 Å². The average molecular weight is 441 g/mol. The number of aryl methyl sites for hydroxylation is 1. The molecule has 0 spiro atoms. The number of halogens is 2. The standard InChI is InChI=1S/C22H18ClFN4O3/c1-12-7-26(11-25-12)18-3-4-19-22(30)27(13(2)8-28(19)21(18)29)9-14-10-31-20-6-17(24)16(23)5-15(14)20/h3-7,10-11,13H,8-9H2,1-2H3/t13-/m1/s1. The van der Waals surface area contributed by atoms with Crippen LogP contribution in [0.15, 0.2) is 52.3 Å². The number of carbonyl (C=O) groups excluding carboxylic acids is 1. The molecule has 1 aliphatic heterocycles. The SMILES string of the molecule is Cc1cn(-c2ccc3n(c2=O)C[C@@H](C)N(Cc2coc4cc(F)c(Cl)cc24)C3=O)cn1. The molecule has 0 N–H and O–H groups in total. The molecule has 0 aliphatic carbocycles. The van der Waals surface area contributed by atoms with E-state index in [4.69, 9.17) is 16.0 Å². The lowest BCUT2D eigenvalue weighted by molar-refractivity contribution is 0.0590. The third-order valence-electron chi connectivity index (χ3n) is 5.64. The molecule has 9 heteroatoms. The van der Waals surface area contributed by atoms with Gasteiger partial charge in [0.15, 0.2) is 0 Å². The minimum absolute atomic E-state index is 0.00710. The highest BCUT2D eigenvalue weighted by atomic mass is 35.5. The first-order valence-corrected chi connectivity index (χ1v) is 10.1. The number of benzene rings is 1. The van der Waals surface area contributed by atoms with E-state index in [-0.39, 0.29) is 29.1 Å². The van der Waals surface area contributed by atoms with Crippen LogP contribution < -0.4 is 5.56 Å². The summed E-state index contributed by atoms with van der Waals surface area (Å²) in [6, 6.07) is 5.79. The van der Waals surface area contributed by atoms with Gasteiger partial charge in [0, 0.05) is 35.8 Å². The van der Waals surface area contributed by atoms with Crippen LogP contribution in [0.3, 0.4) is 0 Å².